The predicted molar refractivity (Wildman–Crippen MR) is 102 cm³/mol. The van der Waals surface area contributed by atoms with Crippen LogP contribution in [0, 0.1) is 5.41 Å². The maximum atomic E-state index is 12.9. The molecule has 1 saturated carbocycles. The van der Waals surface area contributed by atoms with E-state index >= 15 is 0 Å². The molecule has 2 fully saturated rings. The molecule has 4 rings (SSSR count). The van der Waals surface area contributed by atoms with Gasteiger partial charge in [0.05, 0.1) is 17.5 Å². The third-order valence-corrected chi connectivity index (χ3v) is 6.41. The van der Waals surface area contributed by atoms with E-state index in [4.69, 9.17) is 0 Å². The number of amides is 1. The molecule has 0 bridgehead atoms. The summed E-state index contributed by atoms with van der Waals surface area (Å²) in [6.45, 7) is 1.71. The first-order valence-electron chi connectivity index (χ1n) is 9.91. The molecule has 1 amide bonds. The lowest BCUT2D eigenvalue weighted by Crippen LogP contribution is -2.34. The molecule has 1 aromatic heterocycles. The molecule has 2 heterocycles. The molecule has 1 spiro atoms. The van der Waals surface area contributed by atoms with Crippen LogP contribution in [0.15, 0.2) is 29.1 Å². The number of rotatable bonds is 2. The lowest BCUT2D eigenvalue weighted by atomic mass is 9.69. The fourth-order valence-corrected chi connectivity index (χ4v) is 4.87. The molecule has 1 saturated heterocycles. The van der Waals surface area contributed by atoms with Gasteiger partial charge in [-0.3, -0.25) is 9.59 Å². The number of hydrogen-bond acceptors (Lipinski definition) is 3. The number of carbonyl (C=O) groups excluding carboxylic acids is 1. The molecular weight excluding hydrogens is 326 g/mol. The molecule has 0 radical (unpaired) electrons. The Morgan fingerprint density at radius 1 is 1.00 bits per heavy atom. The average molecular weight is 353 g/mol. The molecule has 0 unspecified atom stereocenters. The van der Waals surface area contributed by atoms with E-state index in [1.807, 2.05) is 23.1 Å². The summed E-state index contributed by atoms with van der Waals surface area (Å²) in [7, 11) is 0. The molecule has 26 heavy (non-hydrogen) atoms. The van der Waals surface area contributed by atoms with Gasteiger partial charge in [0.1, 0.15) is 0 Å². The van der Waals surface area contributed by atoms with E-state index in [0.717, 1.165) is 31.3 Å². The molecular formula is C21H27N3O2. The zero-order valence-electron chi connectivity index (χ0n) is 15.3. The summed E-state index contributed by atoms with van der Waals surface area (Å²) in [6.07, 6.45) is 10.5. The van der Waals surface area contributed by atoms with Crippen LogP contribution in [0.3, 0.4) is 0 Å². The highest BCUT2D eigenvalue weighted by molar-refractivity contribution is 5.88. The number of fused-ring (bicyclic) bond motifs is 1. The minimum Gasteiger partial charge on any atom is -0.342 e. The van der Waals surface area contributed by atoms with Gasteiger partial charge in [-0.2, -0.15) is 5.10 Å². The van der Waals surface area contributed by atoms with Crippen molar-refractivity contribution in [3.8, 4) is 0 Å². The Morgan fingerprint density at radius 3 is 2.54 bits per heavy atom. The number of nitrogens with one attached hydrogen (secondary N) is 1. The Bertz CT molecular complexity index is 852. The summed E-state index contributed by atoms with van der Waals surface area (Å²) in [5.74, 6) is 0.127. The Hall–Kier alpha value is -2.17. The normalized spacial score (nSPS) is 20.2. The van der Waals surface area contributed by atoms with Gasteiger partial charge in [0.15, 0.2) is 0 Å². The van der Waals surface area contributed by atoms with Crippen molar-refractivity contribution in [2.75, 3.05) is 13.1 Å². The van der Waals surface area contributed by atoms with E-state index in [1.165, 1.54) is 38.5 Å². The van der Waals surface area contributed by atoms with Crippen LogP contribution in [-0.4, -0.2) is 34.1 Å². The number of benzene rings is 1. The molecule has 2 aliphatic rings. The molecule has 1 aliphatic heterocycles. The van der Waals surface area contributed by atoms with Crippen molar-refractivity contribution >= 4 is 16.7 Å². The molecule has 5 nitrogen and oxygen atoms in total. The van der Waals surface area contributed by atoms with E-state index in [0.29, 0.717) is 16.5 Å². The largest absolute Gasteiger partial charge is 0.342 e. The second kappa shape index (κ2) is 7.22. The van der Waals surface area contributed by atoms with Crippen LogP contribution >= 0.6 is 0 Å². The smallest absolute Gasteiger partial charge is 0.272 e. The van der Waals surface area contributed by atoms with Gasteiger partial charge >= 0.3 is 0 Å². The fraction of sp³-hybridized carbons (Fsp3) is 0.571. The highest BCUT2D eigenvalue weighted by atomic mass is 16.2. The SMILES string of the molecule is O=C(Cc1n[nH]c(=O)c2ccccc12)N1CCCC2(CCCCC2)CC1. The number of carbonyl (C=O) groups is 1. The summed E-state index contributed by atoms with van der Waals surface area (Å²) < 4.78 is 0. The van der Waals surface area contributed by atoms with Crippen molar-refractivity contribution in [1.29, 1.82) is 0 Å². The Morgan fingerprint density at radius 2 is 1.73 bits per heavy atom. The van der Waals surface area contributed by atoms with Crippen LogP contribution in [0.5, 0.6) is 0 Å². The molecule has 2 aromatic rings. The van der Waals surface area contributed by atoms with Crippen LogP contribution in [0.1, 0.15) is 57.1 Å². The number of likely N-dealkylation sites (tertiary alicyclic amines) is 1. The van der Waals surface area contributed by atoms with Gasteiger partial charge < -0.3 is 4.90 Å². The number of H-pyrrole nitrogens is 1. The van der Waals surface area contributed by atoms with Gasteiger partial charge in [0.25, 0.3) is 5.56 Å². The minimum absolute atomic E-state index is 0.127. The first-order valence-corrected chi connectivity index (χ1v) is 9.91. The van der Waals surface area contributed by atoms with Crippen molar-refractivity contribution in [3.05, 3.63) is 40.3 Å². The van der Waals surface area contributed by atoms with Crippen LogP contribution in [0.2, 0.25) is 0 Å². The second-order valence-corrected chi connectivity index (χ2v) is 8.02. The summed E-state index contributed by atoms with van der Waals surface area (Å²) >= 11 is 0. The average Bonchev–Trinajstić information content (AvgIpc) is 2.87. The topological polar surface area (TPSA) is 66.1 Å². The zero-order chi connectivity index (χ0) is 18.0. The van der Waals surface area contributed by atoms with Gasteiger partial charge in [-0.05, 0) is 43.6 Å². The van der Waals surface area contributed by atoms with E-state index in [2.05, 4.69) is 10.2 Å². The van der Waals surface area contributed by atoms with E-state index in [9.17, 15) is 9.59 Å². The third-order valence-electron chi connectivity index (χ3n) is 6.41. The van der Waals surface area contributed by atoms with Crippen molar-refractivity contribution in [2.24, 2.45) is 5.41 Å². The van der Waals surface area contributed by atoms with Gasteiger partial charge in [-0.15, -0.1) is 0 Å². The lowest BCUT2D eigenvalue weighted by Gasteiger charge is -2.36. The van der Waals surface area contributed by atoms with Crippen molar-refractivity contribution in [1.82, 2.24) is 15.1 Å². The first-order chi connectivity index (χ1) is 12.7. The highest BCUT2D eigenvalue weighted by Crippen LogP contribution is 2.44. The molecule has 1 N–H and O–H groups in total. The Labute approximate surface area is 153 Å². The standard InChI is InChI=1S/C21H27N3O2/c25-19(15-18-16-7-2-3-8-17(16)20(26)23-22-18)24-13-6-11-21(12-14-24)9-4-1-5-10-21/h2-3,7-8H,1,4-6,9-15H2,(H,23,26). The molecule has 138 valence electrons. The molecule has 1 aromatic carbocycles. The summed E-state index contributed by atoms with van der Waals surface area (Å²) in [5.41, 5.74) is 0.948. The van der Waals surface area contributed by atoms with Crippen molar-refractivity contribution < 1.29 is 4.79 Å². The maximum Gasteiger partial charge on any atom is 0.272 e. The fourth-order valence-electron chi connectivity index (χ4n) is 4.87. The summed E-state index contributed by atoms with van der Waals surface area (Å²) in [5, 5.41) is 8.08. The van der Waals surface area contributed by atoms with Crippen LogP contribution in [0.25, 0.3) is 10.8 Å². The lowest BCUT2D eigenvalue weighted by molar-refractivity contribution is -0.130. The minimum atomic E-state index is -0.203. The Kier molecular flexibility index (Phi) is 4.79. The Balaban J connectivity index is 1.49. The zero-order valence-corrected chi connectivity index (χ0v) is 15.3. The van der Waals surface area contributed by atoms with Gasteiger partial charge in [0, 0.05) is 18.5 Å². The quantitative estimate of drug-likeness (QED) is 0.899. The number of aromatic nitrogens is 2. The van der Waals surface area contributed by atoms with Gasteiger partial charge in [0.2, 0.25) is 5.91 Å². The van der Waals surface area contributed by atoms with Crippen LogP contribution in [0.4, 0.5) is 0 Å². The van der Waals surface area contributed by atoms with Crippen LogP contribution < -0.4 is 5.56 Å². The highest BCUT2D eigenvalue weighted by Gasteiger charge is 2.34. The van der Waals surface area contributed by atoms with Gasteiger partial charge in [-0.1, -0.05) is 37.5 Å². The van der Waals surface area contributed by atoms with Crippen molar-refractivity contribution in [3.63, 3.8) is 0 Å². The predicted octanol–water partition coefficient (Wildman–Crippen LogP) is 3.43. The molecule has 1 aliphatic carbocycles. The first kappa shape index (κ1) is 17.3. The summed E-state index contributed by atoms with van der Waals surface area (Å²) in [6, 6.07) is 7.38. The van der Waals surface area contributed by atoms with Crippen LogP contribution in [-0.2, 0) is 11.2 Å². The van der Waals surface area contributed by atoms with Crippen molar-refractivity contribution in [2.45, 2.75) is 57.8 Å². The second-order valence-electron chi connectivity index (χ2n) is 8.02. The molecule has 0 atom stereocenters. The molecule has 5 heteroatoms. The van der Waals surface area contributed by atoms with E-state index < -0.39 is 0 Å². The third kappa shape index (κ3) is 3.39. The summed E-state index contributed by atoms with van der Waals surface area (Å²) in [4.78, 5) is 26.9. The van der Waals surface area contributed by atoms with E-state index in [-0.39, 0.29) is 17.9 Å². The monoisotopic (exact) mass is 353 g/mol. The number of nitrogens with zero attached hydrogens (tertiary/aromatic N) is 2. The van der Waals surface area contributed by atoms with Gasteiger partial charge in [-0.25, -0.2) is 5.10 Å². The maximum absolute atomic E-state index is 12.9. The van der Waals surface area contributed by atoms with E-state index in [1.54, 1.807) is 6.07 Å². The number of aromatic amines is 1. The number of hydrogen-bond donors (Lipinski definition) is 1.